The zero-order chi connectivity index (χ0) is 21.7. The van der Waals surface area contributed by atoms with Crippen molar-refractivity contribution in [2.24, 2.45) is 0 Å². The highest BCUT2D eigenvalue weighted by atomic mass is 16.2. The van der Waals surface area contributed by atoms with Gasteiger partial charge in [-0.1, -0.05) is 30.3 Å². The van der Waals surface area contributed by atoms with Gasteiger partial charge in [0.15, 0.2) is 0 Å². The van der Waals surface area contributed by atoms with Crippen LogP contribution in [-0.4, -0.2) is 65.9 Å². The highest BCUT2D eigenvalue weighted by molar-refractivity contribution is 5.94. The van der Waals surface area contributed by atoms with Gasteiger partial charge in [0.1, 0.15) is 0 Å². The standard InChI is InChI=1S/C22H34N4O3/c1-21(2,3)24-20(29)23-18(27)11-12-25-13-15-26(16-14-25)19(28)22(4,5)17-9-7-6-8-10-17/h6-10H,11-16H2,1-5H3,(H2,23,24,27,29). The number of nitrogens with one attached hydrogen (secondary N) is 2. The molecule has 0 atom stereocenters. The molecule has 0 aromatic heterocycles. The molecule has 2 rings (SSSR count). The van der Waals surface area contributed by atoms with Crippen LogP contribution in [0.5, 0.6) is 0 Å². The number of imide groups is 1. The Hall–Kier alpha value is -2.41. The van der Waals surface area contributed by atoms with Gasteiger partial charge in [-0.2, -0.15) is 0 Å². The first kappa shape index (κ1) is 22.9. The van der Waals surface area contributed by atoms with Gasteiger partial charge in [-0.05, 0) is 40.2 Å². The molecule has 29 heavy (non-hydrogen) atoms. The average Bonchev–Trinajstić information content (AvgIpc) is 2.65. The Kier molecular flexibility index (Phi) is 7.41. The van der Waals surface area contributed by atoms with Crippen molar-refractivity contribution in [2.45, 2.75) is 52.0 Å². The SMILES string of the molecule is CC(C)(C)NC(=O)NC(=O)CCN1CCN(C(=O)C(C)(C)c2ccccc2)CC1. The Labute approximate surface area is 173 Å². The number of urea groups is 1. The van der Waals surface area contributed by atoms with E-state index >= 15 is 0 Å². The molecule has 0 aliphatic carbocycles. The van der Waals surface area contributed by atoms with E-state index in [1.165, 1.54) is 0 Å². The van der Waals surface area contributed by atoms with Crippen molar-refractivity contribution >= 4 is 17.8 Å². The second-order valence-electron chi connectivity index (χ2n) is 9.13. The van der Waals surface area contributed by atoms with Gasteiger partial charge in [0.2, 0.25) is 11.8 Å². The van der Waals surface area contributed by atoms with Crippen LogP contribution in [0.4, 0.5) is 4.79 Å². The maximum atomic E-state index is 13.0. The van der Waals surface area contributed by atoms with Crippen molar-refractivity contribution in [3.05, 3.63) is 35.9 Å². The van der Waals surface area contributed by atoms with E-state index in [0.29, 0.717) is 19.6 Å². The molecule has 1 aliphatic rings. The van der Waals surface area contributed by atoms with Gasteiger partial charge in [0.05, 0.1) is 5.41 Å². The molecule has 160 valence electrons. The normalized spacial score (nSPS) is 15.7. The molecule has 7 heteroatoms. The van der Waals surface area contributed by atoms with Crippen LogP contribution in [0, 0.1) is 0 Å². The van der Waals surface area contributed by atoms with Crippen molar-refractivity contribution in [1.29, 1.82) is 0 Å². The lowest BCUT2D eigenvalue weighted by Gasteiger charge is -2.38. The summed E-state index contributed by atoms with van der Waals surface area (Å²) in [5.74, 6) is -0.171. The van der Waals surface area contributed by atoms with Crippen molar-refractivity contribution in [3.63, 3.8) is 0 Å². The zero-order valence-electron chi connectivity index (χ0n) is 18.2. The minimum atomic E-state index is -0.566. The Morgan fingerprint density at radius 3 is 2.07 bits per heavy atom. The van der Waals surface area contributed by atoms with Crippen molar-refractivity contribution in [3.8, 4) is 0 Å². The summed E-state index contributed by atoms with van der Waals surface area (Å²) < 4.78 is 0. The van der Waals surface area contributed by atoms with Crippen LogP contribution in [0.2, 0.25) is 0 Å². The molecule has 1 aliphatic heterocycles. The van der Waals surface area contributed by atoms with E-state index in [1.807, 2.05) is 69.9 Å². The number of hydrogen-bond acceptors (Lipinski definition) is 4. The molecule has 0 unspecified atom stereocenters. The summed E-state index contributed by atoms with van der Waals surface area (Å²) in [5, 5.41) is 5.07. The van der Waals surface area contributed by atoms with Crippen molar-refractivity contribution in [2.75, 3.05) is 32.7 Å². The summed E-state index contributed by atoms with van der Waals surface area (Å²) in [6.07, 6.45) is 0.251. The molecular weight excluding hydrogens is 368 g/mol. The van der Waals surface area contributed by atoms with E-state index in [9.17, 15) is 14.4 Å². The lowest BCUT2D eigenvalue weighted by molar-refractivity contribution is -0.138. The van der Waals surface area contributed by atoms with Gasteiger partial charge < -0.3 is 10.2 Å². The molecule has 1 heterocycles. The third kappa shape index (κ3) is 6.85. The molecule has 0 radical (unpaired) electrons. The highest BCUT2D eigenvalue weighted by Gasteiger charge is 2.35. The Balaban J connectivity index is 1.77. The highest BCUT2D eigenvalue weighted by Crippen LogP contribution is 2.26. The molecule has 1 aromatic carbocycles. The third-order valence-electron chi connectivity index (χ3n) is 5.09. The van der Waals surface area contributed by atoms with E-state index in [2.05, 4.69) is 15.5 Å². The predicted octanol–water partition coefficient (Wildman–Crippen LogP) is 2.12. The summed E-state index contributed by atoms with van der Waals surface area (Å²) in [4.78, 5) is 40.8. The monoisotopic (exact) mass is 402 g/mol. The summed E-state index contributed by atoms with van der Waals surface area (Å²) in [5.41, 5.74) is 0.0578. The van der Waals surface area contributed by atoms with Crippen molar-refractivity contribution in [1.82, 2.24) is 20.4 Å². The van der Waals surface area contributed by atoms with Crippen molar-refractivity contribution < 1.29 is 14.4 Å². The zero-order valence-corrected chi connectivity index (χ0v) is 18.2. The maximum absolute atomic E-state index is 13.0. The molecule has 1 fully saturated rings. The first-order chi connectivity index (χ1) is 13.5. The minimum Gasteiger partial charge on any atom is -0.339 e. The van der Waals surface area contributed by atoms with Crippen LogP contribution in [0.15, 0.2) is 30.3 Å². The molecule has 0 spiro atoms. The van der Waals surface area contributed by atoms with E-state index in [-0.39, 0.29) is 23.8 Å². The number of piperazine rings is 1. The lowest BCUT2D eigenvalue weighted by atomic mass is 9.83. The average molecular weight is 403 g/mol. The molecule has 7 nitrogen and oxygen atoms in total. The van der Waals surface area contributed by atoms with Crippen LogP contribution in [0.25, 0.3) is 0 Å². The quantitative estimate of drug-likeness (QED) is 0.791. The number of amides is 4. The summed E-state index contributed by atoms with van der Waals surface area (Å²) in [6, 6.07) is 9.36. The molecule has 0 saturated carbocycles. The molecule has 1 saturated heterocycles. The van der Waals surface area contributed by atoms with E-state index < -0.39 is 11.4 Å². The Bertz CT molecular complexity index is 717. The number of carbonyl (C=O) groups is 3. The largest absolute Gasteiger partial charge is 0.339 e. The van der Waals surface area contributed by atoms with E-state index in [0.717, 1.165) is 18.7 Å². The van der Waals surface area contributed by atoms with Crippen LogP contribution in [-0.2, 0) is 15.0 Å². The van der Waals surface area contributed by atoms with Gasteiger partial charge in [0.25, 0.3) is 0 Å². The Morgan fingerprint density at radius 1 is 0.931 bits per heavy atom. The number of rotatable bonds is 5. The Morgan fingerprint density at radius 2 is 1.52 bits per heavy atom. The molecule has 1 aromatic rings. The second-order valence-corrected chi connectivity index (χ2v) is 9.13. The third-order valence-corrected chi connectivity index (χ3v) is 5.09. The number of carbonyl (C=O) groups excluding carboxylic acids is 3. The first-order valence-electron chi connectivity index (χ1n) is 10.2. The topological polar surface area (TPSA) is 81.8 Å². The van der Waals surface area contributed by atoms with Gasteiger partial charge >= 0.3 is 6.03 Å². The van der Waals surface area contributed by atoms with Gasteiger partial charge in [-0.15, -0.1) is 0 Å². The molecule has 2 N–H and O–H groups in total. The van der Waals surface area contributed by atoms with Crippen LogP contribution < -0.4 is 10.6 Å². The molecular formula is C22H34N4O3. The molecule has 4 amide bonds. The smallest absolute Gasteiger partial charge is 0.321 e. The first-order valence-corrected chi connectivity index (χ1v) is 10.2. The summed E-state index contributed by atoms with van der Waals surface area (Å²) in [7, 11) is 0. The molecule has 0 bridgehead atoms. The maximum Gasteiger partial charge on any atom is 0.321 e. The number of hydrogen-bond donors (Lipinski definition) is 2. The summed E-state index contributed by atoms with van der Waals surface area (Å²) in [6.45, 7) is 12.8. The number of nitrogens with zero attached hydrogens (tertiary/aromatic N) is 2. The minimum absolute atomic E-state index is 0.125. The fourth-order valence-corrected chi connectivity index (χ4v) is 3.37. The van der Waals surface area contributed by atoms with Gasteiger partial charge in [-0.3, -0.25) is 19.8 Å². The van der Waals surface area contributed by atoms with Crippen LogP contribution in [0.1, 0.15) is 46.6 Å². The predicted molar refractivity (Wildman–Crippen MR) is 114 cm³/mol. The van der Waals surface area contributed by atoms with Gasteiger partial charge in [-0.25, -0.2) is 4.79 Å². The van der Waals surface area contributed by atoms with E-state index in [4.69, 9.17) is 0 Å². The lowest BCUT2D eigenvalue weighted by Crippen LogP contribution is -2.53. The van der Waals surface area contributed by atoms with Crippen LogP contribution >= 0.6 is 0 Å². The van der Waals surface area contributed by atoms with Gasteiger partial charge in [0, 0.05) is 44.7 Å². The van der Waals surface area contributed by atoms with Crippen LogP contribution in [0.3, 0.4) is 0 Å². The fraction of sp³-hybridized carbons (Fsp3) is 0.591. The second kappa shape index (κ2) is 9.39. The fourth-order valence-electron chi connectivity index (χ4n) is 3.37. The number of benzene rings is 1. The van der Waals surface area contributed by atoms with E-state index in [1.54, 1.807) is 0 Å². The summed E-state index contributed by atoms with van der Waals surface area (Å²) >= 11 is 0.